The molecule has 2 aromatic rings. The zero-order chi connectivity index (χ0) is 20.8. The summed E-state index contributed by atoms with van der Waals surface area (Å²) in [5.74, 6) is 0.315. The first-order valence-electron chi connectivity index (χ1n) is 8.96. The number of hydrogen-bond acceptors (Lipinski definition) is 7. The highest BCUT2D eigenvalue weighted by Crippen LogP contribution is 2.31. The van der Waals surface area contributed by atoms with Crippen LogP contribution < -0.4 is 19.1 Å². The molecule has 1 aliphatic heterocycles. The van der Waals surface area contributed by atoms with Gasteiger partial charge in [-0.25, -0.2) is 0 Å². The number of carbonyl (C=O) groups excluding carboxylic acids is 3. The number of Topliss-reactive ketones (excluding diaryl/α,β-unsaturated/α-hetero) is 1. The van der Waals surface area contributed by atoms with E-state index in [1.165, 1.54) is 25.2 Å². The molecule has 29 heavy (non-hydrogen) atoms. The Balaban J connectivity index is 1.54. The molecule has 8 nitrogen and oxygen atoms in total. The third kappa shape index (κ3) is 4.66. The molecular weight excluding hydrogens is 378 g/mol. The first-order chi connectivity index (χ1) is 14.0. The van der Waals surface area contributed by atoms with Crippen LogP contribution in [0.2, 0.25) is 0 Å². The molecule has 0 N–H and O–H groups in total. The summed E-state index contributed by atoms with van der Waals surface area (Å²) in [6, 6.07) is 11.8. The van der Waals surface area contributed by atoms with Gasteiger partial charge in [0.15, 0.2) is 30.5 Å². The van der Waals surface area contributed by atoms with Crippen LogP contribution in [0.1, 0.15) is 16.8 Å². The van der Waals surface area contributed by atoms with Gasteiger partial charge in [-0.05, 0) is 30.3 Å². The predicted octanol–water partition coefficient (Wildman–Crippen LogP) is 2.25. The minimum absolute atomic E-state index is 0.0424. The first-order valence-corrected chi connectivity index (χ1v) is 8.96. The SMILES string of the molecule is COc1ccc(C(=O)COC(=O)CCN2C(=O)COc3ccccc32)cc1OC. The van der Waals surface area contributed by atoms with Crippen molar-refractivity contribution in [1.29, 1.82) is 0 Å². The van der Waals surface area contributed by atoms with E-state index in [9.17, 15) is 14.4 Å². The fourth-order valence-electron chi connectivity index (χ4n) is 2.91. The van der Waals surface area contributed by atoms with Crippen molar-refractivity contribution in [3.63, 3.8) is 0 Å². The summed E-state index contributed by atoms with van der Waals surface area (Å²) in [5.41, 5.74) is 0.950. The van der Waals surface area contributed by atoms with Crippen molar-refractivity contribution in [2.45, 2.75) is 6.42 Å². The average molecular weight is 399 g/mol. The number of para-hydroxylation sites is 2. The number of rotatable bonds is 8. The second-order valence-electron chi connectivity index (χ2n) is 6.21. The highest BCUT2D eigenvalue weighted by molar-refractivity contribution is 5.99. The minimum atomic E-state index is -0.574. The number of carbonyl (C=O) groups is 3. The summed E-state index contributed by atoms with van der Waals surface area (Å²) in [5, 5.41) is 0. The Hall–Kier alpha value is -3.55. The number of nitrogens with zero attached hydrogens (tertiary/aromatic N) is 1. The lowest BCUT2D eigenvalue weighted by molar-refractivity contribution is -0.142. The third-order valence-corrected chi connectivity index (χ3v) is 4.42. The fraction of sp³-hybridized carbons (Fsp3) is 0.286. The molecule has 2 aromatic carbocycles. The van der Waals surface area contributed by atoms with Crippen molar-refractivity contribution in [1.82, 2.24) is 0 Å². The summed E-state index contributed by atoms with van der Waals surface area (Å²) in [4.78, 5) is 37.9. The number of fused-ring (bicyclic) bond motifs is 1. The zero-order valence-corrected chi connectivity index (χ0v) is 16.2. The van der Waals surface area contributed by atoms with Crippen molar-refractivity contribution in [3.8, 4) is 17.2 Å². The van der Waals surface area contributed by atoms with Crippen LogP contribution in [-0.2, 0) is 14.3 Å². The van der Waals surface area contributed by atoms with Crippen LogP contribution in [0.25, 0.3) is 0 Å². The molecule has 0 atom stereocenters. The van der Waals surface area contributed by atoms with Gasteiger partial charge in [0.05, 0.1) is 26.3 Å². The van der Waals surface area contributed by atoms with Gasteiger partial charge in [0.25, 0.3) is 5.91 Å². The number of hydrogen-bond donors (Lipinski definition) is 0. The Kier molecular flexibility index (Phi) is 6.33. The van der Waals surface area contributed by atoms with E-state index in [1.54, 1.807) is 36.4 Å². The van der Waals surface area contributed by atoms with Gasteiger partial charge in [-0.1, -0.05) is 12.1 Å². The number of ketones is 1. The summed E-state index contributed by atoms with van der Waals surface area (Å²) >= 11 is 0. The molecule has 0 bridgehead atoms. The van der Waals surface area contributed by atoms with Crippen LogP contribution in [0.4, 0.5) is 5.69 Å². The number of ether oxygens (including phenoxy) is 4. The Labute approximate surface area is 167 Å². The Morgan fingerprint density at radius 1 is 1.07 bits per heavy atom. The highest BCUT2D eigenvalue weighted by Gasteiger charge is 2.25. The summed E-state index contributed by atoms with van der Waals surface area (Å²) in [7, 11) is 2.97. The average Bonchev–Trinajstić information content (AvgIpc) is 2.76. The van der Waals surface area contributed by atoms with Crippen LogP contribution in [0.3, 0.4) is 0 Å². The highest BCUT2D eigenvalue weighted by atomic mass is 16.5. The van der Waals surface area contributed by atoms with E-state index in [0.717, 1.165) is 0 Å². The van der Waals surface area contributed by atoms with Gasteiger partial charge in [0.2, 0.25) is 0 Å². The third-order valence-electron chi connectivity index (χ3n) is 4.42. The van der Waals surface area contributed by atoms with E-state index in [4.69, 9.17) is 18.9 Å². The molecule has 0 fully saturated rings. The maximum absolute atomic E-state index is 12.3. The number of benzene rings is 2. The molecule has 0 radical (unpaired) electrons. The van der Waals surface area contributed by atoms with Gasteiger partial charge < -0.3 is 23.8 Å². The van der Waals surface area contributed by atoms with E-state index in [1.807, 2.05) is 0 Å². The predicted molar refractivity (Wildman–Crippen MR) is 104 cm³/mol. The van der Waals surface area contributed by atoms with Gasteiger partial charge in [-0.3, -0.25) is 14.4 Å². The second kappa shape index (κ2) is 9.09. The second-order valence-corrected chi connectivity index (χ2v) is 6.21. The molecule has 1 aliphatic rings. The van der Waals surface area contributed by atoms with Crippen LogP contribution in [0.5, 0.6) is 17.2 Å². The Morgan fingerprint density at radius 2 is 1.83 bits per heavy atom. The number of amides is 1. The smallest absolute Gasteiger partial charge is 0.308 e. The fourth-order valence-corrected chi connectivity index (χ4v) is 2.91. The lowest BCUT2D eigenvalue weighted by atomic mass is 10.1. The first kappa shape index (κ1) is 20.2. The maximum atomic E-state index is 12.3. The zero-order valence-electron chi connectivity index (χ0n) is 16.2. The van der Waals surface area contributed by atoms with Crippen molar-refractivity contribution in [3.05, 3.63) is 48.0 Å². The maximum Gasteiger partial charge on any atom is 0.308 e. The summed E-state index contributed by atoms with van der Waals surface area (Å²) < 4.78 is 20.7. The van der Waals surface area contributed by atoms with Gasteiger partial charge in [0, 0.05) is 12.1 Å². The van der Waals surface area contributed by atoms with Gasteiger partial charge in [-0.15, -0.1) is 0 Å². The van der Waals surface area contributed by atoms with E-state index in [0.29, 0.717) is 28.5 Å². The number of anilines is 1. The molecule has 0 unspecified atom stereocenters. The molecule has 152 valence electrons. The van der Waals surface area contributed by atoms with Crippen molar-refractivity contribution in [2.24, 2.45) is 0 Å². The molecular formula is C21H21NO7. The Morgan fingerprint density at radius 3 is 2.59 bits per heavy atom. The lowest BCUT2D eigenvalue weighted by Crippen LogP contribution is -2.40. The van der Waals surface area contributed by atoms with Crippen LogP contribution in [0.15, 0.2) is 42.5 Å². The molecule has 8 heteroatoms. The lowest BCUT2D eigenvalue weighted by Gasteiger charge is -2.28. The molecule has 1 heterocycles. The van der Waals surface area contributed by atoms with E-state index >= 15 is 0 Å². The summed E-state index contributed by atoms with van der Waals surface area (Å²) in [6.07, 6.45) is -0.0424. The number of methoxy groups -OCH3 is 2. The standard InChI is InChI=1S/C21H21NO7/c1-26-18-8-7-14(11-19(18)27-2)16(23)12-29-21(25)9-10-22-15-5-3-4-6-17(15)28-13-20(22)24/h3-8,11H,9-10,12-13H2,1-2H3. The molecule has 0 spiro atoms. The van der Waals surface area contributed by atoms with Crippen LogP contribution in [0, 0.1) is 0 Å². The normalized spacial score (nSPS) is 12.6. The molecule has 0 aliphatic carbocycles. The van der Waals surface area contributed by atoms with E-state index < -0.39 is 12.6 Å². The van der Waals surface area contributed by atoms with Crippen LogP contribution in [-0.4, -0.2) is 51.6 Å². The monoisotopic (exact) mass is 399 g/mol. The quantitative estimate of drug-likeness (QED) is 0.497. The van der Waals surface area contributed by atoms with Crippen molar-refractivity contribution in [2.75, 3.05) is 38.9 Å². The Bertz CT molecular complexity index is 925. The van der Waals surface area contributed by atoms with E-state index in [-0.39, 0.29) is 31.3 Å². The number of esters is 1. The van der Waals surface area contributed by atoms with Gasteiger partial charge in [0.1, 0.15) is 5.75 Å². The van der Waals surface area contributed by atoms with Crippen molar-refractivity contribution >= 4 is 23.3 Å². The van der Waals surface area contributed by atoms with Crippen LogP contribution >= 0.6 is 0 Å². The molecule has 3 rings (SSSR count). The largest absolute Gasteiger partial charge is 0.493 e. The van der Waals surface area contributed by atoms with Gasteiger partial charge in [-0.2, -0.15) is 0 Å². The van der Waals surface area contributed by atoms with E-state index in [2.05, 4.69) is 0 Å². The molecule has 1 amide bonds. The molecule has 0 saturated heterocycles. The summed E-state index contributed by atoms with van der Waals surface area (Å²) in [6.45, 7) is -0.339. The molecule has 0 saturated carbocycles. The van der Waals surface area contributed by atoms with Gasteiger partial charge >= 0.3 is 5.97 Å². The van der Waals surface area contributed by atoms with Crippen molar-refractivity contribution < 1.29 is 33.3 Å². The minimum Gasteiger partial charge on any atom is -0.493 e. The molecule has 0 aromatic heterocycles. The topological polar surface area (TPSA) is 91.4 Å².